The predicted octanol–water partition coefficient (Wildman–Crippen LogP) is 5.05. The van der Waals surface area contributed by atoms with Gasteiger partial charge in [0.1, 0.15) is 11.5 Å². The van der Waals surface area contributed by atoms with Crippen LogP contribution in [0.3, 0.4) is 0 Å². The lowest BCUT2D eigenvalue weighted by Gasteiger charge is -2.38. The summed E-state index contributed by atoms with van der Waals surface area (Å²) in [6.45, 7) is 6.63. The smallest absolute Gasteiger partial charge is 0.262 e. The highest BCUT2D eigenvalue weighted by molar-refractivity contribution is 6.30. The van der Waals surface area contributed by atoms with Crippen LogP contribution in [0.5, 0.6) is 11.5 Å². The predicted molar refractivity (Wildman–Crippen MR) is 155 cm³/mol. The minimum Gasteiger partial charge on any atom is -0.497 e. The van der Waals surface area contributed by atoms with Gasteiger partial charge in [-0.2, -0.15) is 0 Å². The molecule has 3 aromatic carbocycles. The number of nitrogens with one attached hydrogen (secondary N) is 3. The van der Waals surface area contributed by atoms with Crippen LogP contribution in [0, 0.1) is 0 Å². The Balaban J connectivity index is 1.69. The lowest BCUT2D eigenvalue weighted by molar-refractivity contribution is -0.140. The first-order valence-corrected chi connectivity index (χ1v) is 14.0. The maximum Gasteiger partial charge on any atom is 0.262 e. The zero-order chi connectivity index (χ0) is 27.6. The van der Waals surface area contributed by atoms with Crippen molar-refractivity contribution in [3.05, 3.63) is 93.5 Å². The lowest BCUT2D eigenvalue weighted by atomic mass is 9.95. The normalized spacial score (nSPS) is 23.2. The molecule has 7 nitrogen and oxygen atoms in total. The van der Waals surface area contributed by atoms with Gasteiger partial charge in [0.15, 0.2) is 5.66 Å². The molecule has 2 aliphatic rings. The first-order chi connectivity index (χ1) is 18.8. The summed E-state index contributed by atoms with van der Waals surface area (Å²) in [7, 11) is 1.62. The monoisotopic (exact) mass is 568 g/mol. The molecule has 2 saturated heterocycles. The highest BCUT2D eigenvalue weighted by Gasteiger charge is 2.54. The molecule has 0 radical (unpaired) electrons. The molecular formula is C30H34Cl2N4O3. The molecule has 2 heterocycles. The number of ether oxygens (including phenoxy) is 2. The number of halogens is 2. The number of methoxy groups -OCH3 is 1. The SMILES string of the molecule is COc1ccc(C2(C(=O)N3CCNCC3)NC(c3ccc(Cl)cc3)C(c3ccc(Cl)cc3)N2)c(OC(C)C)c1. The van der Waals surface area contributed by atoms with Gasteiger partial charge < -0.3 is 19.7 Å². The maximum atomic E-state index is 14.6. The van der Waals surface area contributed by atoms with E-state index in [1.165, 1.54) is 0 Å². The van der Waals surface area contributed by atoms with E-state index >= 15 is 0 Å². The van der Waals surface area contributed by atoms with Crippen LogP contribution < -0.4 is 25.4 Å². The van der Waals surface area contributed by atoms with Crippen molar-refractivity contribution in [1.82, 2.24) is 20.9 Å². The van der Waals surface area contributed by atoms with Crippen LogP contribution in [0.1, 0.15) is 42.6 Å². The highest BCUT2D eigenvalue weighted by Crippen LogP contribution is 2.45. The number of benzene rings is 3. The molecule has 3 N–H and O–H groups in total. The molecule has 2 unspecified atom stereocenters. The number of piperazine rings is 1. The van der Waals surface area contributed by atoms with E-state index in [0.29, 0.717) is 40.2 Å². The fraction of sp³-hybridized carbons (Fsp3) is 0.367. The molecule has 1 amide bonds. The second-order valence-corrected chi connectivity index (χ2v) is 11.0. The van der Waals surface area contributed by atoms with E-state index in [1.807, 2.05) is 85.5 Å². The topological polar surface area (TPSA) is 74.9 Å². The number of hydrogen-bond acceptors (Lipinski definition) is 6. The average molecular weight is 570 g/mol. The van der Waals surface area contributed by atoms with Gasteiger partial charge in [-0.05, 0) is 61.4 Å². The Morgan fingerprint density at radius 2 is 1.44 bits per heavy atom. The van der Waals surface area contributed by atoms with Crippen LogP contribution in [0.2, 0.25) is 10.0 Å². The van der Waals surface area contributed by atoms with Crippen molar-refractivity contribution in [1.29, 1.82) is 0 Å². The van der Waals surface area contributed by atoms with E-state index in [4.69, 9.17) is 32.7 Å². The Labute approximate surface area is 239 Å². The van der Waals surface area contributed by atoms with Crippen LogP contribution in [0.15, 0.2) is 66.7 Å². The molecule has 0 aromatic heterocycles. The van der Waals surface area contributed by atoms with E-state index in [2.05, 4.69) is 16.0 Å². The Morgan fingerprint density at radius 1 is 0.897 bits per heavy atom. The van der Waals surface area contributed by atoms with Crippen molar-refractivity contribution in [3.63, 3.8) is 0 Å². The molecule has 0 aliphatic carbocycles. The molecule has 0 bridgehead atoms. The first-order valence-electron chi connectivity index (χ1n) is 13.2. The third-order valence-electron chi connectivity index (χ3n) is 7.22. The van der Waals surface area contributed by atoms with Crippen molar-refractivity contribution in [2.24, 2.45) is 0 Å². The van der Waals surface area contributed by atoms with Crippen molar-refractivity contribution < 1.29 is 14.3 Å². The molecule has 2 fully saturated rings. The van der Waals surface area contributed by atoms with E-state index < -0.39 is 5.66 Å². The van der Waals surface area contributed by atoms with Crippen LogP contribution in [0.4, 0.5) is 0 Å². The van der Waals surface area contributed by atoms with Crippen molar-refractivity contribution in [3.8, 4) is 11.5 Å². The Bertz CT molecular complexity index is 1240. The highest BCUT2D eigenvalue weighted by atomic mass is 35.5. The van der Waals surface area contributed by atoms with Crippen LogP contribution >= 0.6 is 23.2 Å². The van der Waals surface area contributed by atoms with Crippen molar-refractivity contribution in [2.45, 2.75) is 37.7 Å². The van der Waals surface area contributed by atoms with E-state index in [0.717, 1.165) is 24.2 Å². The Kier molecular flexibility index (Phi) is 8.35. The number of nitrogens with zero attached hydrogens (tertiary/aromatic N) is 1. The first kappa shape index (κ1) is 27.7. The quantitative estimate of drug-likeness (QED) is 0.370. The molecule has 3 aromatic rings. The minimum absolute atomic E-state index is 0.0572. The van der Waals surface area contributed by atoms with Gasteiger partial charge in [0.2, 0.25) is 0 Å². The van der Waals surface area contributed by atoms with Gasteiger partial charge in [-0.15, -0.1) is 0 Å². The number of hydrogen-bond donors (Lipinski definition) is 3. The molecule has 0 saturated carbocycles. The second kappa shape index (κ2) is 11.7. The summed E-state index contributed by atoms with van der Waals surface area (Å²) in [5.41, 5.74) is 1.43. The van der Waals surface area contributed by atoms with Crippen LogP contribution in [0.25, 0.3) is 0 Å². The van der Waals surface area contributed by atoms with Gasteiger partial charge in [-0.25, -0.2) is 0 Å². The summed E-state index contributed by atoms with van der Waals surface area (Å²) in [5.74, 6) is 1.18. The summed E-state index contributed by atoms with van der Waals surface area (Å²) < 4.78 is 11.8. The number of carbonyl (C=O) groups excluding carboxylic acids is 1. The largest absolute Gasteiger partial charge is 0.497 e. The molecule has 0 spiro atoms. The van der Waals surface area contributed by atoms with Gasteiger partial charge in [-0.3, -0.25) is 15.4 Å². The van der Waals surface area contributed by atoms with Gasteiger partial charge in [0.05, 0.1) is 25.3 Å². The molecule has 9 heteroatoms. The van der Waals surface area contributed by atoms with E-state index in [9.17, 15) is 4.79 Å². The number of rotatable bonds is 7. The molecule has 2 aliphatic heterocycles. The molecule has 39 heavy (non-hydrogen) atoms. The third kappa shape index (κ3) is 5.74. The number of carbonyl (C=O) groups is 1. The summed E-state index contributed by atoms with van der Waals surface area (Å²) in [5, 5.41) is 12.1. The third-order valence-corrected chi connectivity index (χ3v) is 7.72. The van der Waals surface area contributed by atoms with Gasteiger partial charge in [0.25, 0.3) is 5.91 Å². The summed E-state index contributed by atoms with van der Waals surface area (Å²) >= 11 is 12.5. The molecule has 5 rings (SSSR count). The zero-order valence-electron chi connectivity index (χ0n) is 22.3. The molecular weight excluding hydrogens is 535 g/mol. The Hall–Kier alpha value is -2.81. The average Bonchev–Trinajstić information content (AvgIpc) is 3.35. The summed E-state index contributed by atoms with van der Waals surface area (Å²) in [6, 6.07) is 20.6. The fourth-order valence-corrected chi connectivity index (χ4v) is 5.61. The molecule has 2 atom stereocenters. The van der Waals surface area contributed by atoms with E-state index in [1.54, 1.807) is 7.11 Å². The zero-order valence-corrected chi connectivity index (χ0v) is 23.9. The lowest BCUT2D eigenvalue weighted by Crippen LogP contribution is -2.61. The second-order valence-electron chi connectivity index (χ2n) is 10.2. The van der Waals surface area contributed by atoms with Crippen molar-refractivity contribution >= 4 is 29.1 Å². The fourth-order valence-electron chi connectivity index (χ4n) is 5.36. The number of amides is 1. The summed E-state index contributed by atoms with van der Waals surface area (Å²) in [4.78, 5) is 16.5. The van der Waals surface area contributed by atoms with Gasteiger partial charge >= 0.3 is 0 Å². The van der Waals surface area contributed by atoms with E-state index in [-0.39, 0.29) is 24.1 Å². The van der Waals surface area contributed by atoms with Gasteiger partial charge in [0, 0.05) is 47.9 Å². The standard InChI is InChI=1S/C30H34Cl2N4O3/c1-19(2)39-26-18-24(38-3)12-13-25(26)30(29(37)36-16-14-33-15-17-36)34-27(20-4-8-22(31)9-5-20)28(35-30)21-6-10-23(32)11-7-21/h4-13,18-19,27-28,33-35H,14-17H2,1-3H3. The van der Waals surface area contributed by atoms with Crippen LogP contribution in [-0.4, -0.2) is 50.2 Å². The van der Waals surface area contributed by atoms with Gasteiger partial charge in [-0.1, -0.05) is 47.5 Å². The minimum atomic E-state index is -1.28. The molecule has 206 valence electrons. The van der Waals surface area contributed by atoms with Crippen LogP contribution in [-0.2, 0) is 10.5 Å². The van der Waals surface area contributed by atoms with Crippen molar-refractivity contribution in [2.75, 3.05) is 33.3 Å². The maximum absolute atomic E-state index is 14.6. The Morgan fingerprint density at radius 3 is 1.92 bits per heavy atom. The summed E-state index contributed by atoms with van der Waals surface area (Å²) in [6.07, 6.45) is -0.109.